The summed E-state index contributed by atoms with van der Waals surface area (Å²) in [6, 6.07) is 11.8. The number of pyridine rings is 1. The van der Waals surface area contributed by atoms with Gasteiger partial charge in [0.15, 0.2) is 0 Å². The summed E-state index contributed by atoms with van der Waals surface area (Å²) in [4.78, 5) is 4.33. The van der Waals surface area contributed by atoms with Crippen LogP contribution in [-0.2, 0) is 6.54 Å². The van der Waals surface area contributed by atoms with E-state index in [-0.39, 0.29) is 0 Å². The Morgan fingerprint density at radius 1 is 1.25 bits per heavy atom. The number of aromatic nitrogens is 1. The highest BCUT2D eigenvalue weighted by molar-refractivity contribution is 5.66. The predicted octanol–water partition coefficient (Wildman–Crippen LogP) is 2.22. The molecule has 0 amide bonds. The van der Waals surface area contributed by atoms with E-state index < -0.39 is 0 Å². The minimum atomic E-state index is 0.531. The summed E-state index contributed by atoms with van der Waals surface area (Å²) in [5.41, 5.74) is 8.58. The van der Waals surface area contributed by atoms with Gasteiger partial charge in [-0.05, 0) is 23.8 Å². The second kappa shape index (κ2) is 4.77. The van der Waals surface area contributed by atoms with Gasteiger partial charge in [0.05, 0.1) is 7.11 Å². The number of nitrogens with zero attached hydrogens (tertiary/aromatic N) is 1. The van der Waals surface area contributed by atoms with Crippen molar-refractivity contribution in [3.05, 3.63) is 48.2 Å². The van der Waals surface area contributed by atoms with E-state index in [0.717, 1.165) is 22.6 Å². The number of methoxy groups -OCH3 is 1. The largest absolute Gasteiger partial charge is 0.494 e. The van der Waals surface area contributed by atoms with Crippen LogP contribution >= 0.6 is 0 Å². The van der Waals surface area contributed by atoms with Crippen molar-refractivity contribution >= 4 is 0 Å². The van der Waals surface area contributed by atoms with E-state index in [1.54, 1.807) is 13.3 Å². The fourth-order valence-electron chi connectivity index (χ4n) is 1.62. The van der Waals surface area contributed by atoms with Crippen LogP contribution in [0.1, 0.15) is 5.56 Å². The molecule has 2 N–H and O–H groups in total. The van der Waals surface area contributed by atoms with Gasteiger partial charge < -0.3 is 10.5 Å². The normalized spacial score (nSPS) is 10.1. The van der Waals surface area contributed by atoms with Crippen LogP contribution in [0.5, 0.6) is 5.75 Å². The van der Waals surface area contributed by atoms with Crippen LogP contribution in [0.15, 0.2) is 42.6 Å². The molecule has 0 bridgehead atoms. The fourth-order valence-corrected chi connectivity index (χ4v) is 1.62. The number of hydrogen-bond acceptors (Lipinski definition) is 3. The van der Waals surface area contributed by atoms with Crippen molar-refractivity contribution in [1.82, 2.24) is 4.98 Å². The highest BCUT2D eigenvalue weighted by Gasteiger charge is 2.06. The first-order valence-corrected chi connectivity index (χ1v) is 5.13. The lowest BCUT2D eigenvalue weighted by atomic mass is 10.1. The number of rotatable bonds is 3. The van der Waals surface area contributed by atoms with Gasteiger partial charge >= 0.3 is 0 Å². The Labute approximate surface area is 94.9 Å². The van der Waals surface area contributed by atoms with E-state index in [0.29, 0.717) is 6.54 Å². The summed E-state index contributed by atoms with van der Waals surface area (Å²) in [6.45, 7) is 0.531. The zero-order valence-corrected chi connectivity index (χ0v) is 9.18. The van der Waals surface area contributed by atoms with E-state index in [2.05, 4.69) is 4.98 Å². The van der Waals surface area contributed by atoms with E-state index in [1.165, 1.54) is 0 Å². The Morgan fingerprint density at radius 3 is 2.88 bits per heavy atom. The molecule has 0 radical (unpaired) electrons. The molecule has 0 aliphatic rings. The number of benzene rings is 1. The Kier molecular flexibility index (Phi) is 3.17. The van der Waals surface area contributed by atoms with Gasteiger partial charge in [0.1, 0.15) is 11.4 Å². The summed E-state index contributed by atoms with van der Waals surface area (Å²) < 4.78 is 5.28. The molecule has 16 heavy (non-hydrogen) atoms. The van der Waals surface area contributed by atoms with Gasteiger partial charge in [-0.3, -0.25) is 4.98 Å². The fraction of sp³-hybridized carbons (Fsp3) is 0.154. The second-order valence-corrected chi connectivity index (χ2v) is 3.46. The van der Waals surface area contributed by atoms with Gasteiger partial charge in [-0.1, -0.05) is 18.2 Å². The zero-order chi connectivity index (χ0) is 11.4. The molecule has 0 unspecified atom stereocenters. The SMILES string of the molecule is COc1cccnc1-c1cccc(CN)c1. The molecule has 0 saturated carbocycles. The first kappa shape index (κ1) is 10.6. The topological polar surface area (TPSA) is 48.1 Å². The first-order valence-electron chi connectivity index (χ1n) is 5.13. The van der Waals surface area contributed by atoms with Crippen molar-refractivity contribution < 1.29 is 4.74 Å². The summed E-state index contributed by atoms with van der Waals surface area (Å²) in [6.07, 6.45) is 1.76. The Bertz CT molecular complexity index is 483. The Hall–Kier alpha value is -1.87. The maximum absolute atomic E-state index is 5.62. The number of nitrogens with two attached hydrogens (primary N) is 1. The lowest BCUT2D eigenvalue weighted by Gasteiger charge is -2.07. The Morgan fingerprint density at radius 2 is 2.12 bits per heavy atom. The average molecular weight is 214 g/mol. The van der Waals surface area contributed by atoms with Crippen LogP contribution in [0.3, 0.4) is 0 Å². The molecular formula is C13H14N2O. The van der Waals surface area contributed by atoms with Gasteiger partial charge in [-0.15, -0.1) is 0 Å². The number of ether oxygens (including phenoxy) is 1. The predicted molar refractivity (Wildman–Crippen MR) is 64.1 cm³/mol. The summed E-state index contributed by atoms with van der Waals surface area (Å²) in [5, 5.41) is 0. The minimum Gasteiger partial charge on any atom is -0.494 e. The number of hydrogen-bond donors (Lipinski definition) is 1. The summed E-state index contributed by atoms with van der Waals surface area (Å²) in [5.74, 6) is 0.775. The van der Waals surface area contributed by atoms with Gasteiger partial charge in [0, 0.05) is 18.3 Å². The van der Waals surface area contributed by atoms with Gasteiger partial charge in [-0.2, -0.15) is 0 Å². The highest BCUT2D eigenvalue weighted by atomic mass is 16.5. The molecule has 0 fully saturated rings. The van der Waals surface area contributed by atoms with Gasteiger partial charge in [0.25, 0.3) is 0 Å². The molecule has 0 saturated heterocycles. The van der Waals surface area contributed by atoms with Crippen molar-refractivity contribution in [1.29, 1.82) is 0 Å². The molecule has 0 aliphatic carbocycles. The quantitative estimate of drug-likeness (QED) is 0.852. The van der Waals surface area contributed by atoms with Crippen LogP contribution in [0.2, 0.25) is 0 Å². The molecule has 2 rings (SSSR count). The Balaban J connectivity index is 2.49. The lowest BCUT2D eigenvalue weighted by Crippen LogP contribution is -1.97. The summed E-state index contributed by atoms with van der Waals surface area (Å²) in [7, 11) is 1.65. The molecular weight excluding hydrogens is 200 g/mol. The van der Waals surface area contributed by atoms with Gasteiger partial charge in [-0.25, -0.2) is 0 Å². The monoisotopic (exact) mass is 214 g/mol. The maximum atomic E-state index is 5.62. The second-order valence-electron chi connectivity index (χ2n) is 3.46. The van der Waals surface area contributed by atoms with Crippen molar-refractivity contribution in [2.75, 3.05) is 7.11 Å². The van der Waals surface area contributed by atoms with Crippen LogP contribution in [0, 0.1) is 0 Å². The summed E-state index contributed by atoms with van der Waals surface area (Å²) >= 11 is 0. The standard InChI is InChI=1S/C13H14N2O/c1-16-12-6-3-7-15-13(12)11-5-2-4-10(8-11)9-14/h2-8H,9,14H2,1H3. The van der Waals surface area contributed by atoms with Crippen LogP contribution in [-0.4, -0.2) is 12.1 Å². The third-order valence-electron chi connectivity index (χ3n) is 2.43. The third kappa shape index (κ3) is 2.04. The molecule has 0 atom stereocenters. The van der Waals surface area contributed by atoms with Crippen molar-refractivity contribution in [3.63, 3.8) is 0 Å². The molecule has 3 heteroatoms. The lowest BCUT2D eigenvalue weighted by molar-refractivity contribution is 0.415. The van der Waals surface area contributed by atoms with Gasteiger partial charge in [0.2, 0.25) is 0 Å². The highest BCUT2D eigenvalue weighted by Crippen LogP contribution is 2.27. The molecule has 2 aromatic rings. The van der Waals surface area contributed by atoms with Crippen molar-refractivity contribution in [3.8, 4) is 17.0 Å². The zero-order valence-electron chi connectivity index (χ0n) is 9.18. The van der Waals surface area contributed by atoms with E-state index in [1.807, 2.05) is 36.4 Å². The minimum absolute atomic E-state index is 0.531. The van der Waals surface area contributed by atoms with E-state index in [9.17, 15) is 0 Å². The first-order chi connectivity index (χ1) is 7.85. The van der Waals surface area contributed by atoms with Crippen molar-refractivity contribution in [2.45, 2.75) is 6.54 Å². The van der Waals surface area contributed by atoms with Crippen LogP contribution < -0.4 is 10.5 Å². The molecule has 1 aromatic carbocycles. The average Bonchev–Trinajstić information content (AvgIpc) is 2.38. The van der Waals surface area contributed by atoms with Crippen LogP contribution in [0.4, 0.5) is 0 Å². The molecule has 0 aliphatic heterocycles. The molecule has 3 nitrogen and oxygen atoms in total. The molecule has 1 heterocycles. The van der Waals surface area contributed by atoms with E-state index in [4.69, 9.17) is 10.5 Å². The maximum Gasteiger partial charge on any atom is 0.145 e. The van der Waals surface area contributed by atoms with Crippen LogP contribution in [0.25, 0.3) is 11.3 Å². The smallest absolute Gasteiger partial charge is 0.145 e. The molecule has 0 spiro atoms. The molecule has 1 aromatic heterocycles. The third-order valence-corrected chi connectivity index (χ3v) is 2.43. The van der Waals surface area contributed by atoms with E-state index >= 15 is 0 Å². The van der Waals surface area contributed by atoms with Crippen molar-refractivity contribution in [2.24, 2.45) is 5.73 Å². The molecule has 82 valence electrons.